The van der Waals surface area contributed by atoms with Gasteiger partial charge in [0.05, 0.1) is 34.4 Å². The Balaban J connectivity index is 1.52. The van der Waals surface area contributed by atoms with Gasteiger partial charge in [0.15, 0.2) is 0 Å². The van der Waals surface area contributed by atoms with Gasteiger partial charge < -0.3 is 9.47 Å². The summed E-state index contributed by atoms with van der Waals surface area (Å²) in [5.74, 6) is -1.68. The number of carbonyl (C=O) groups is 4. The molecule has 0 radical (unpaired) electrons. The molecule has 2 aromatic carbocycles. The molecule has 12 heteroatoms. The number of rotatable bonds is 12. The van der Waals surface area contributed by atoms with Crippen molar-refractivity contribution in [3.05, 3.63) is 69.8 Å². The third-order valence-electron chi connectivity index (χ3n) is 5.29. The lowest BCUT2D eigenvalue weighted by Gasteiger charge is -2.11. The number of aryl methyl sites for hydroxylation is 4. The lowest BCUT2D eigenvalue weighted by atomic mass is 10.1. The number of ether oxygens (including phenoxy) is 2. The van der Waals surface area contributed by atoms with Crippen LogP contribution in [0.1, 0.15) is 62.7 Å². The molecule has 0 fully saturated rings. The van der Waals surface area contributed by atoms with Gasteiger partial charge in [0, 0.05) is 0 Å². The first-order valence-corrected chi connectivity index (χ1v) is 11.7. The van der Waals surface area contributed by atoms with E-state index in [2.05, 4.69) is 29.6 Å². The highest BCUT2D eigenvalue weighted by Crippen LogP contribution is 2.14. The summed E-state index contributed by atoms with van der Waals surface area (Å²) in [7, 11) is 0. The Morgan fingerprint density at radius 2 is 1.03 bits per heavy atom. The van der Waals surface area contributed by atoms with Gasteiger partial charge in [-0.05, 0) is 69.7 Å². The monoisotopic (exact) mass is 534 g/mol. The van der Waals surface area contributed by atoms with Crippen LogP contribution in [0.15, 0.2) is 36.4 Å². The Morgan fingerprint density at radius 3 is 1.39 bits per heavy atom. The maximum atomic E-state index is 11.9. The quantitative estimate of drug-likeness (QED) is 0.197. The molecular formula is C26H30O12. The lowest BCUT2D eigenvalue weighted by molar-refractivity contribution is -0.452. The topological polar surface area (TPSA) is 142 Å². The summed E-state index contributed by atoms with van der Waals surface area (Å²) in [6.07, 6.45) is -1.59. The highest BCUT2D eigenvalue weighted by molar-refractivity contribution is 5.91. The van der Waals surface area contributed by atoms with E-state index in [1.54, 1.807) is 50.2 Å². The molecule has 0 saturated heterocycles. The van der Waals surface area contributed by atoms with Crippen LogP contribution in [0.3, 0.4) is 0 Å². The minimum absolute atomic E-state index is 0.0258. The van der Waals surface area contributed by atoms with Crippen LogP contribution < -0.4 is 0 Å². The fourth-order valence-corrected chi connectivity index (χ4v) is 3.21. The zero-order valence-electron chi connectivity index (χ0n) is 21.8. The first kappa shape index (κ1) is 30.1. The van der Waals surface area contributed by atoms with Crippen molar-refractivity contribution in [1.82, 2.24) is 0 Å². The summed E-state index contributed by atoms with van der Waals surface area (Å²) < 4.78 is 9.63. The van der Waals surface area contributed by atoms with E-state index in [1.165, 1.54) is 0 Å². The second-order valence-electron chi connectivity index (χ2n) is 8.56. The van der Waals surface area contributed by atoms with Gasteiger partial charge in [0.2, 0.25) is 0 Å². The Bertz CT molecular complexity index is 1040. The van der Waals surface area contributed by atoms with Gasteiger partial charge in [-0.25, -0.2) is 29.0 Å². The molecule has 0 N–H and O–H groups in total. The summed E-state index contributed by atoms with van der Waals surface area (Å²) in [4.78, 5) is 64.3. The van der Waals surface area contributed by atoms with Gasteiger partial charge in [0.1, 0.15) is 0 Å². The van der Waals surface area contributed by atoms with Gasteiger partial charge in [-0.1, -0.05) is 42.3 Å². The van der Waals surface area contributed by atoms with Crippen LogP contribution in [-0.4, -0.2) is 37.5 Å². The number of carbonyl (C=O) groups excluding carboxylic acids is 4. The van der Waals surface area contributed by atoms with Crippen molar-refractivity contribution < 1.29 is 58.3 Å². The van der Waals surface area contributed by atoms with Crippen LogP contribution in [-0.2, 0) is 39.1 Å². The van der Waals surface area contributed by atoms with Crippen LogP contribution in [0.5, 0.6) is 0 Å². The smallest absolute Gasteiger partial charge is 0.432 e. The van der Waals surface area contributed by atoms with E-state index < -0.39 is 24.2 Å². The second-order valence-corrected chi connectivity index (χ2v) is 8.56. The predicted molar refractivity (Wildman–Crippen MR) is 128 cm³/mol. The summed E-state index contributed by atoms with van der Waals surface area (Å²) in [6, 6.07) is 10.2. The molecule has 0 atom stereocenters. The summed E-state index contributed by atoms with van der Waals surface area (Å²) in [5, 5.41) is 8.38. The van der Waals surface area contributed by atoms with Crippen LogP contribution in [0.4, 0.5) is 9.59 Å². The normalized spacial score (nSPS) is 10.5. The summed E-state index contributed by atoms with van der Waals surface area (Å²) in [5.41, 5.74) is 3.82. The van der Waals surface area contributed by atoms with Crippen molar-refractivity contribution in [1.29, 1.82) is 0 Å². The van der Waals surface area contributed by atoms with Crippen LogP contribution in [0, 0.1) is 33.6 Å². The van der Waals surface area contributed by atoms with Crippen molar-refractivity contribution >= 4 is 24.2 Å². The van der Waals surface area contributed by atoms with E-state index in [4.69, 9.17) is 9.47 Å². The highest BCUT2D eigenvalue weighted by Gasteiger charge is 2.16. The Hall–Kier alpha value is -4.16. The largest absolute Gasteiger partial charge is 0.543 e. The molecule has 2 rings (SSSR count). The van der Waals surface area contributed by atoms with E-state index in [-0.39, 0.29) is 30.3 Å². The minimum Gasteiger partial charge on any atom is -0.432 e. The average molecular weight is 535 g/mol. The zero-order chi connectivity index (χ0) is 28.1. The highest BCUT2D eigenvalue weighted by atomic mass is 17.5. The molecule has 0 unspecified atom stereocenters. The van der Waals surface area contributed by atoms with Gasteiger partial charge >= 0.3 is 24.2 Å². The minimum atomic E-state index is -1.20. The fraction of sp³-hybridized carbons (Fsp3) is 0.385. The zero-order valence-corrected chi connectivity index (χ0v) is 21.8. The standard InChI is InChI=1S/C26H30O12/c1-16(10-12-31-25(29)35-37-33-23(27)21-8-6-17(2)14-19(21)4)11-13-32-26(30)36-38-34-24(28)22-9-7-18(3)15-20(22)5/h6-9,14-16H,10-13H2,1-5H3. The Labute approximate surface area is 219 Å². The van der Waals surface area contributed by atoms with Crippen molar-refractivity contribution in [3.8, 4) is 0 Å². The molecule has 12 nitrogen and oxygen atoms in total. The van der Waals surface area contributed by atoms with Crippen molar-refractivity contribution in [2.75, 3.05) is 13.2 Å². The molecule has 0 aliphatic rings. The van der Waals surface area contributed by atoms with E-state index in [9.17, 15) is 19.2 Å². The maximum absolute atomic E-state index is 11.9. The third-order valence-corrected chi connectivity index (χ3v) is 5.29. The van der Waals surface area contributed by atoms with Gasteiger partial charge in [0.25, 0.3) is 0 Å². The molecule has 38 heavy (non-hydrogen) atoms. The molecule has 0 heterocycles. The van der Waals surface area contributed by atoms with Crippen LogP contribution >= 0.6 is 0 Å². The molecule has 0 bridgehead atoms. The Morgan fingerprint density at radius 1 is 0.632 bits per heavy atom. The molecule has 2 aromatic rings. The fourth-order valence-electron chi connectivity index (χ4n) is 3.21. The SMILES string of the molecule is Cc1ccc(C(=O)OOOC(=O)OCCC(C)CCOC(=O)OOOC(=O)c2ccc(C)cc2C)c(C)c1. The molecule has 206 valence electrons. The molecule has 0 amide bonds. The summed E-state index contributed by atoms with van der Waals surface area (Å²) in [6.45, 7) is 8.98. The third kappa shape index (κ3) is 10.4. The molecular weight excluding hydrogens is 504 g/mol. The van der Waals surface area contributed by atoms with Crippen molar-refractivity contribution in [3.63, 3.8) is 0 Å². The molecule has 0 aliphatic heterocycles. The van der Waals surface area contributed by atoms with Gasteiger partial charge in [-0.15, -0.1) is 0 Å². The number of hydrogen-bond donors (Lipinski definition) is 0. The average Bonchev–Trinajstić information content (AvgIpc) is 2.83. The number of hydrogen-bond acceptors (Lipinski definition) is 12. The first-order chi connectivity index (χ1) is 18.1. The molecule has 0 spiro atoms. The van der Waals surface area contributed by atoms with E-state index >= 15 is 0 Å². The first-order valence-electron chi connectivity index (χ1n) is 11.7. The predicted octanol–water partition coefficient (Wildman–Crippen LogP) is 5.35. The van der Waals surface area contributed by atoms with Crippen LogP contribution in [0.2, 0.25) is 0 Å². The molecule has 0 aliphatic carbocycles. The Kier molecular flexibility index (Phi) is 12.0. The maximum Gasteiger partial charge on any atom is 0.543 e. The molecule has 0 saturated carbocycles. The molecule has 0 aromatic heterocycles. The van der Waals surface area contributed by atoms with E-state index in [0.29, 0.717) is 24.0 Å². The number of benzene rings is 2. The van der Waals surface area contributed by atoms with Crippen LogP contribution in [0.25, 0.3) is 0 Å². The van der Waals surface area contributed by atoms with Crippen molar-refractivity contribution in [2.45, 2.75) is 47.5 Å². The lowest BCUT2D eigenvalue weighted by Crippen LogP contribution is -2.15. The van der Waals surface area contributed by atoms with Gasteiger partial charge in [-0.3, -0.25) is 9.78 Å². The summed E-state index contributed by atoms with van der Waals surface area (Å²) >= 11 is 0. The van der Waals surface area contributed by atoms with E-state index in [1.807, 2.05) is 20.8 Å². The van der Waals surface area contributed by atoms with Gasteiger partial charge in [-0.2, -0.15) is 0 Å². The second kappa shape index (κ2) is 15.2. The van der Waals surface area contributed by atoms with E-state index in [0.717, 1.165) is 11.1 Å². The van der Waals surface area contributed by atoms with Crippen molar-refractivity contribution in [2.24, 2.45) is 5.92 Å².